The second kappa shape index (κ2) is 4.47. The standard InChI is InChI=1S/C13H17NO3/c1-17-12(16)10-4-2-3-5-11(10)13(8-14)6-9(15)7-13/h2-5,9,15H,6-8,14H2,1H3. The minimum absolute atomic E-state index is 0.274. The summed E-state index contributed by atoms with van der Waals surface area (Å²) in [5.41, 5.74) is 6.97. The van der Waals surface area contributed by atoms with Gasteiger partial charge >= 0.3 is 5.97 Å². The van der Waals surface area contributed by atoms with Crippen molar-refractivity contribution in [2.24, 2.45) is 5.73 Å². The van der Waals surface area contributed by atoms with E-state index in [0.717, 1.165) is 5.56 Å². The molecule has 4 heteroatoms. The van der Waals surface area contributed by atoms with Crippen molar-refractivity contribution in [1.29, 1.82) is 0 Å². The second-order valence-electron chi connectivity index (χ2n) is 4.58. The Labute approximate surface area is 100 Å². The summed E-state index contributed by atoms with van der Waals surface area (Å²) in [6, 6.07) is 7.31. The molecule has 0 aliphatic heterocycles. The number of esters is 1. The number of rotatable bonds is 3. The summed E-state index contributed by atoms with van der Waals surface area (Å²) in [5, 5.41) is 9.49. The molecular weight excluding hydrogens is 218 g/mol. The number of benzene rings is 1. The molecule has 0 aromatic heterocycles. The van der Waals surface area contributed by atoms with Gasteiger partial charge in [0.05, 0.1) is 18.8 Å². The highest BCUT2D eigenvalue weighted by atomic mass is 16.5. The van der Waals surface area contributed by atoms with Gasteiger partial charge in [0.15, 0.2) is 0 Å². The smallest absolute Gasteiger partial charge is 0.338 e. The molecule has 1 fully saturated rings. The fourth-order valence-corrected chi connectivity index (χ4v) is 2.57. The van der Waals surface area contributed by atoms with Crippen molar-refractivity contribution in [3.63, 3.8) is 0 Å². The van der Waals surface area contributed by atoms with E-state index in [1.165, 1.54) is 7.11 Å². The van der Waals surface area contributed by atoms with Gasteiger partial charge in [0.1, 0.15) is 0 Å². The zero-order valence-electron chi connectivity index (χ0n) is 9.85. The molecule has 0 saturated heterocycles. The maximum atomic E-state index is 11.7. The predicted octanol–water partition coefficient (Wildman–Crippen LogP) is 0.824. The number of methoxy groups -OCH3 is 1. The number of ether oxygens (including phenoxy) is 1. The molecule has 0 spiro atoms. The van der Waals surface area contributed by atoms with Crippen LogP contribution in [0.1, 0.15) is 28.8 Å². The quantitative estimate of drug-likeness (QED) is 0.761. The molecule has 2 rings (SSSR count). The Kier molecular flexibility index (Phi) is 3.17. The first-order valence-corrected chi connectivity index (χ1v) is 5.69. The average molecular weight is 235 g/mol. The number of nitrogens with two attached hydrogens (primary N) is 1. The molecular formula is C13H17NO3. The summed E-state index contributed by atoms with van der Waals surface area (Å²) in [5.74, 6) is -0.352. The first kappa shape index (κ1) is 12.1. The molecule has 17 heavy (non-hydrogen) atoms. The normalized spacial score (nSPS) is 27.4. The molecule has 0 bridgehead atoms. The number of hydrogen-bond donors (Lipinski definition) is 2. The van der Waals surface area contributed by atoms with E-state index in [1.54, 1.807) is 12.1 Å². The van der Waals surface area contributed by atoms with E-state index >= 15 is 0 Å². The molecule has 0 heterocycles. The number of carbonyl (C=O) groups is 1. The summed E-state index contributed by atoms with van der Waals surface area (Å²) >= 11 is 0. The lowest BCUT2D eigenvalue weighted by Gasteiger charge is -2.45. The lowest BCUT2D eigenvalue weighted by molar-refractivity contribution is 0.0208. The molecule has 0 atom stereocenters. The van der Waals surface area contributed by atoms with Crippen LogP contribution < -0.4 is 5.73 Å². The summed E-state index contributed by atoms with van der Waals surface area (Å²) < 4.78 is 4.77. The summed E-state index contributed by atoms with van der Waals surface area (Å²) in [6.07, 6.45) is 0.902. The number of aliphatic hydroxyl groups is 1. The molecule has 92 valence electrons. The summed E-state index contributed by atoms with van der Waals surface area (Å²) in [6.45, 7) is 0.429. The molecule has 4 nitrogen and oxygen atoms in total. The molecule has 1 aromatic carbocycles. The molecule has 0 amide bonds. The van der Waals surface area contributed by atoms with Crippen LogP contribution in [0, 0.1) is 0 Å². The lowest BCUT2D eigenvalue weighted by Crippen LogP contribution is -2.50. The zero-order chi connectivity index (χ0) is 12.5. The van der Waals surface area contributed by atoms with Crippen LogP contribution in [0.4, 0.5) is 0 Å². The Balaban J connectivity index is 2.41. The number of carbonyl (C=O) groups excluding carboxylic acids is 1. The maximum absolute atomic E-state index is 11.7. The van der Waals surface area contributed by atoms with Gasteiger partial charge in [-0.25, -0.2) is 4.79 Å². The van der Waals surface area contributed by atoms with Gasteiger partial charge in [0, 0.05) is 12.0 Å². The highest BCUT2D eigenvalue weighted by molar-refractivity contribution is 5.91. The van der Waals surface area contributed by atoms with Crippen molar-refractivity contribution >= 4 is 5.97 Å². The molecule has 0 radical (unpaired) electrons. The predicted molar refractivity (Wildman–Crippen MR) is 63.8 cm³/mol. The van der Waals surface area contributed by atoms with Gasteiger partial charge in [-0.1, -0.05) is 18.2 Å². The number of hydrogen-bond acceptors (Lipinski definition) is 4. The van der Waals surface area contributed by atoms with Crippen LogP contribution in [0.3, 0.4) is 0 Å². The Morgan fingerprint density at radius 3 is 2.71 bits per heavy atom. The van der Waals surface area contributed by atoms with Crippen molar-refractivity contribution < 1.29 is 14.6 Å². The molecule has 3 N–H and O–H groups in total. The van der Waals surface area contributed by atoms with E-state index in [0.29, 0.717) is 24.9 Å². The fraction of sp³-hybridized carbons (Fsp3) is 0.462. The van der Waals surface area contributed by atoms with Gasteiger partial charge in [-0.3, -0.25) is 0 Å². The van der Waals surface area contributed by atoms with Crippen LogP contribution in [0.25, 0.3) is 0 Å². The van der Waals surface area contributed by atoms with E-state index in [4.69, 9.17) is 10.5 Å². The molecule has 0 unspecified atom stereocenters. The van der Waals surface area contributed by atoms with Crippen molar-refractivity contribution in [3.8, 4) is 0 Å². The third kappa shape index (κ3) is 1.94. The van der Waals surface area contributed by atoms with Crippen LogP contribution in [-0.4, -0.2) is 30.8 Å². The number of aliphatic hydroxyl groups excluding tert-OH is 1. The third-order valence-electron chi connectivity index (χ3n) is 3.55. The fourth-order valence-electron chi connectivity index (χ4n) is 2.57. The SMILES string of the molecule is COC(=O)c1ccccc1C1(CN)CC(O)C1. The van der Waals surface area contributed by atoms with Gasteiger partial charge in [-0.2, -0.15) is 0 Å². The Morgan fingerprint density at radius 1 is 1.53 bits per heavy atom. The molecule has 1 aliphatic carbocycles. The van der Waals surface area contributed by atoms with Crippen LogP contribution in [-0.2, 0) is 10.2 Å². The minimum Gasteiger partial charge on any atom is -0.465 e. The van der Waals surface area contributed by atoms with E-state index in [1.807, 2.05) is 12.1 Å². The van der Waals surface area contributed by atoms with Crippen LogP contribution in [0.5, 0.6) is 0 Å². The van der Waals surface area contributed by atoms with E-state index < -0.39 is 0 Å². The summed E-state index contributed by atoms with van der Waals surface area (Å²) in [7, 11) is 1.36. The van der Waals surface area contributed by atoms with Crippen LogP contribution in [0.15, 0.2) is 24.3 Å². The lowest BCUT2D eigenvalue weighted by atomic mass is 9.62. The topological polar surface area (TPSA) is 72.5 Å². The highest BCUT2D eigenvalue weighted by Crippen LogP contribution is 2.44. The van der Waals surface area contributed by atoms with E-state index in [-0.39, 0.29) is 17.5 Å². The average Bonchev–Trinajstić information content (AvgIpc) is 2.34. The second-order valence-corrected chi connectivity index (χ2v) is 4.58. The van der Waals surface area contributed by atoms with Crippen LogP contribution in [0.2, 0.25) is 0 Å². The van der Waals surface area contributed by atoms with Gasteiger partial charge in [-0.05, 0) is 24.5 Å². The van der Waals surface area contributed by atoms with Gasteiger partial charge in [0.2, 0.25) is 0 Å². The molecule has 1 aromatic rings. The largest absolute Gasteiger partial charge is 0.465 e. The highest BCUT2D eigenvalue weighted by Gasteiger charge is 2.45. The van der Waals surface area contributed by atoms with Crippen molar-refractivity contribution in [1.82, 2.24) is 0 Å². The van der Waals surface area contributed by atoms with Crippen molar-refractivity contribution in [2.75, 3.05) is 13.7 Å². The van der Waals surface area contributed by atoms with Gasteiger partial charge in [-0.15, -0.1) is 0 Å². The van der Waals surface area contributed by atoms with E-state index in [2.05, 4.69) is 0 Å². The van der Waals surface area contributed by atoms with Crippen LogP contribution >= 0.6 is 0 Å². The van der Waals surface area contributed by atoms with Gasteiger partial charge < -0.3 is 15.6 Å². The molecule has 1 aliphatic rings. The Hall–Kier alpha value is -1.39. The van der Waals surface area contributed by atoms with Crippen molar-refractivity contribution in [3.05, 3.63) is 35.4 Å². The summed E-state index contributed by atoms with van der Waals surface area (Å²) in [4.78, 5) is 11.7. The molecule has 1 saturated carbocycles. The monoisotopic (exact) mass is 235 g/mol. The van der Waals surface area contributed by atoms with Crippen molar-refractivity contribution in [2.45, 2.75) is 24.4 Å². The first-order valence-electron chi connectivity index (χ1n) is 5.69. The minimum atomic E-state index is -0.352. The zero-order valence-corrected chi connectivity index (χ0v) is 9.85. The Morgan fingerprint density at radius 2 is 2.18 bits per heavy atom. The van der Waals surface area contributed by atoms with E-state index in [9.17, 15) is 9.90 Å². The first-order chi connectivity index (χ1) is 8.13. The Bertz CT molecular complexity index is 424. The third-order valence-corrected chi connectivity index (χ3v) is 3.55. The maximum Gasteiger partial charge on any atom is 0.338 e. The van der Waals surface area contributed by atoms with Gasteiger partial charge in [0.25, 0.3) is 0 Å².